The number of hydrogen-bond acceptors (Lipinski definition) is 4. The topological polar surface area (TPSA) is 47.3 Å². The van der Waals surface area contributed by atoms with Crippen molar-refractivity contribution in [2.75, 3.05) is 33.2 Å². The lowest BCUT2D eigenvalue weighted by Crippen LogP contribution is -2.43. The number of likely N-dealkylation sites (N-methyl/N-ethyl adjacent to an activating group) is 1. The molecule has 1 heterocycles. The highest BCUT2D eigenvalue weighted by Crippen LogP contribution is 2.16. The van der Waals surface area contributed by atoms with Gasteiger partial charge in [0.25, 0.3) is 0 Å². The predicted octanol–water partition coefficient (Wildman–Crippen LogP) is 2.54. The molecular weight excluding hydrogens is 298 g/mol. The highest BCUT2D eigenvalue weighted by molar-refractivity contribution is 6.10. The van der Waals surface area contributed by atoms with Crippen molar-refractivity contribution in [3.8, 4) is 6.07 Å². The van der Waals surface area contributed by atoms with Crippen molar-refractivity contribution in [2.45, 2.75) is 6.54 Å². The van der Waals surface area contributed by atoms with Gasteiger partial charge in [0.2, 0.25) is 0 Å². The summed E-state index contributed by atoms with van der Waals surface area (Å²) in [5, 5.41) is 9.15. The van der Waals surface area contributed by atoms with Gasteiger partial charge in [0.05, 0.1) is 11.6 Å². The number of carbonyl (C=O) groups excluding carboxylic acids is 1. The molecule has 0 amide bonds. The minimum Gasteiger partial charge on any atom is -0.304 e. The number of piperazine rings is 1. The van der Waals surface area contributed by atoms with Gasteiger partial charge in [0.15, 0.2) is 5.78 Å². The third-order valence-corrected chi connectivity index (χ3v) is 4.51. The number of ketones is 1. The summed E-state index contributed by atoms with van der Waals surface area (Å²) in [5.74, 6) is -0.0988. The van der Waals surface area contributed by atoms with Crippen LogP contribution >= 0.6 is 0 Å². The second kappa shape index (κ2) is 7.39. The van der Waals surface area contributed by atoms with Crippen LogP contribution < -0.4 is 0 Å². The highest BCUT2D eigenvalue weighted by atomic mass is 16.1. The van der Waals surface area contributed by atoms with E-state index in [1.54, 1.807) is 24.3 Å². The highest BCUT2D eigenvalue weighted by Gasteiger charge is 2.15. The van der Waals surface area contributed by atoms with Crippen LogP contribution in [0.1, 0.15) is 27.0 Å². The Balaban J connectivity index is 1.70. The second-order valence-electron chi connectivity index (χ2n) is 6.26. The molecule has 0 unspecified atom stereocenters. The molecule has 0 aliphatic carbocycles. The van der Waals surface area contributed by atoms with Gasteiger partial charge in [0.1, 0.15) is 0 Å². The van der Waals surface area contributed by atoms with Crippen molar-refractivity contribution in [2.24, 2.45) is 0 Å². The van der Waals surface area contributed by atoms with E-state index in [9.17, 15) is 4.79 Å². The largest absolute Gasteiger partial charge is 0.304 e. The zero-order chi connectivity index (χ0) is 16.9. The molecule has 0 radical (unpaired) electrons. The minimum atomic E-state index is -0.0988. The van der Waals surface area contributed by atoms with Gasteiger partial charge in [0, 0.05) is 43.9 Å². The number of benzene rings is 2. The van der Waals surface area contributed by atoms with Crippen molar-refractivity contribution in [1.29, 1.82) is 5.26 Å². The normalized spacial score (nSPS) is 15.8. The molecule has 1 aliphatic heterocycles. The fraction of sp³-hybridized carbons (Fsp3) is 0.300. The molecule has 2 aromatic rings. The molecular formula is C20H21N3O. The summed E-state index contributed by atoms with van der Waals surface area (Å²) in [6.45, 7) is 5.26. The maximum atomic E-state index is 12.6. The molecule has 24 heavy (non-hydrogen) atoms. The first-order valence-corrected chi connectivity index (χ1v) is 8.21. The summed E-state index contributed by atoms with van der Waals surface area (Å²) in [5.41, 5.74) is 2.72. The summed E-state index contributed by atoms with van der Waals surface area (Å²) in [7, 11) is 2.15. The quantitative estimate of drug-likeness (QED) is 0.813. The number of rotatable bonds is 4. The summed E-state index contributed by atoms with van der Waals surface area (Å²) in [4.78, 5) is 17.4. The van der Waals surface area contributed by atoms with Gasteiger partial charge < -0.3 is 4.90 Å². The van der Waals surface area contributed by atoms with Gasteiger partial charge in [-0.2, -0.15) is 5.26 Å². The fourth-order valence-electron chi connectivity index (χ4n) is 2.96. The molecule has 0 aromatic heterocycles. The van der Waals surface area contributed by atoms with E-state index in [0.717, 1.165) is 32.7 Å². The molecule has 0 spiro atoms. The summed E-state index contributed by atoms with van der Waals surface area (Å²) in [6.07, 6.45) is 0. The Hall–Kier alpha value is -2.48. The van der Waals surface area contributed by atoms with E-state index in [1.165, 1.54) is 5.56 Å². The number of carbonyl (C=O) groups is 1. The van der Waals surface area contributed by atoms with Gasteiger partial charge >= 0.3 is 0 Å². The monoisotopic (exact) mass is 319 g/mol. The Morgan fingerprint density at radius 3 is 2.38 bits per heavy atom. The standard InChI is InChI=1S/C20H21N3O/c1-22-10-12-23(13-11-22)15-16-6-8-17(9-7-16)20(24)19-5-3-2-4-18(19)14-21/h2-9H,10-13,15H2,1H3. The van der Waals surface area contributed by atoms with Crippen molar-refractivity contribution in [1.82, 2.24) is 9.80 Å². The maximum absolute atomic E-state index is 12.6. The summed E-state index contributed by atoms with van der Waals surface area (Å²) >= 11 is 0. The summed E-state index contributed by atoms with van der Waals surface area (Å²) in [6, 6.07) is 16.8. The molecule has 0 N–H and O–H groups in total. The zero-order valence-electron chi connectivity index (χ0n) is 13.9. The summed E-state index contributed by atoms with van der Waals surface area (Å²) < 4.78 is 0. The number of nitrogens with zero attached hydrogens (tertiary/aromatic N) is 3. The third kappa shape index (κ3) is 3.70. The average molecular weight is 319 g/mol. The first-order chi connectivity index (χ1) is 11.7. The molecule has 0 saturated carbocycles. The van der Waals surface area contributed by atoms with Gasteiger partial charge in [-0.05, 0) is 24.7 Å². The first kappa shape index (κ1) is 16.4. The average Bonchev–Trinajstić information content (AvgIpc) is 2.63. The van der Waals surface area contributed by atoms with E-state index in [2.05, 4.69) is 22.9 Å². The number of nitriles is 1. The van der Waals surface area contributed by atoms with E-state index in [1.807, 2.05) is 24.3 Å². The molecule has 1 saturated heterocycles. The lowest BCUT2D eigenvalue weighted by molar-refractivity contribution is 0.103. The van der Waals surface area contributed by atoms with Crippen molar-refractivity contribution < 1.29 is 4.79 Å². The van der Waals surface area contributed by atoms with E-state index >= 15 is 0 Å². The molecule has 1 aliphatic rings. The Kier molecular flexibility index (Phi) is 5.05. The van der Waals surface area contributed by atoms with Gasteiger partial charge in [-0.25, -0.2) is 0 Å². The van der Waals surface area contributed by atoms with Crippen LogP contribution in [0.3, 0.4) is 0 Å². The molecule has 3 rings (SSSR count). The Morgan fingerprint density at radius 1 is 1.04 bits per heavy atom. The van der Waals surface area contributed by atoms with E-state index in [4.69, 9.17) is 5.26 Å². The van der Waals surface area contributed by atoms with Crippen LogP contribution in [0.25, 0.3) is 0 Å². The minimum absolute atomic E-state index is 0.0988. The SMILES string of the molecule is CN1CCN(Cc2ccc(C(=O)c3ccccc3C#N)cc2)CC1. The van der Waals surface area contributed by atoms with Gasteiger partial charge in [-0.1, -0.05) is 36.4 Å². The molecule has 4 heteroatoms. The van der Waals surface area contributed by atoms with Gasteiger partial charge in [-0.15, -0.1) is 0 Å². The molecule has 2 aromatic carbocycles. The van der Waals surface area contributed by atoms with Gasteiger partial charge in [-0.3, -0.25) is 9.69 Å². The van der Waals surface area contributed by atoms with Crippen LogP contribution in [-0.4, -0.2) is 48.8 Å². The van der Waals surface area contributed by atoms with Crippen LogP contribution in [0.5, 0.6) is 0 Å². The Bertz CT molecular complexity index is 753. The third-order valence-electron chi connectivity index (χ3n) is 4.51. The predicted molar refractivity (Wildman–Crippen MR) is 93.8 cm³/mol. The molecule has 0 bridgehead atoms. The first-order valence-electron chi connectivity index (χ1n) is 8.21. The zero-order valence-corrected chi connectivity index (χ0v) is 13.9. The van der Waals surface area contributed by atoms with Crippen LogP contribution in [0.2, 0.25) is 0 Å². The van der Waals surface area contributed by atoms with Crippen molar-refractivity contribution >= 4 is 5.78 Å². The van der Waals surface area contributed by atoms with Crippen molar-refractivity contribution in [3.05, 3.63) is 70.8 Å². The van der Waals surface area contributed by atoms with E-state index in [-0.39, 0.29) is 5.78 Å². The second-order valence-corrected chi connectivity index (χ2v) is 6.26. The fourth-order valence-corrected chi connectivity index (χ4v) is 2.96. The lowest BCUT2D eigenvalue weighted by Gasteiger charge is -2.32. The van der Waals surface area contributed by atoms with E-state index < -0.39 is 0 Å². The van der Waals surface area contributed by atoms with Crippen LogP contribution in [0.15, 0.2) is 48.5 Å². The van der Waals surface area contributed by atoms with Crippen LogP contribution in [0.4, 0.5) is 0 Å². The molecule has 1 fully saturated rings. The number of hydrogen-bond donors (Lipinski definition) is 0. The molecule has 122 valence electrons. The van der Waals surface area contributed by atoms with Crippen molar-refractivity contribution in [3.63, 3.8) is 0 Å². The Labute approximate surface area is 142 Å². The lowest BCUT2D eigenvalue weighted by atomic mass is 9.98. The maximum Gasteiger partial charge on any atom is 0.194 e. The molecule has 4 nitrogen and oxygen atoms in total. The Morgan fingerprint density at radius 2 is 1.71 bits per heavy atom. The van der Waals surface area contributed by atoms with Crippen LogP contribution in [-0.2, 0) is 6.54 Å². The van der Waals surface area contributed by atoms with Crippen LogP contribution in [0, 0.1) is 11.3 Å². The van der Waals surface area contributed by atoms with E-state index in [0.29, 0.717) is 16.7 Å². The smallest absolute Gasteiger partial charge is 0.194 e. The molecule has 0 atom stereocenters.